The summed E-state index contributed by atoms with van der Waals surface area (Å²) in [4.78, 5) is 8.68. The van der Waals surface area contributed by atoms with E-state index in [1.807, 2.05) is 0 Å². The molecule has 0 bridgehead atoms. The second-order valence-electron chi connectivity index (χ2n) is 8.13. The van der Waals surface area contributed by atoms with Crippen LogP contribution in [0, 0.1) is 10.8 Å². The van der Waals surface area contributed by atoms with Crippen molar-refractivity contribution in [2.24, 2.45) is 20.8 Å². The minimum absolute atomic E-state index is 0.00366. The second-order valence-corrected chi connectivity index (χ2v) is 8.57. The third-order valence-electron chi connectivity index (χ3n) is 4.54. The molecule has 0 spiro atoms. The normalized spacial score (nSPS) is 24.2. The van der Waals surface area contributed by atoms with Crippen LogP contribution >= 0.6 is 11.6 Å². The van der Waals surface area contributed by atoms with Gasteiger partial charge in [0.25, 0.3) is 6.02 Å². The maximum absolute atomic E-state index is 6.42. The summed E-state index contributed by atoms with van der Waals surface area (Å²) in [5, 5.41) is 7.22. The van der Waals surface area contributed by atoms with E-state index < -0.39 is 0 Å². The van der Waals surface area contributed by atoms with Crippen LogP contribution in [0.1, 0.15) is 41.0 Å². The Balaban J connectivity index is 2.29. The molecule has 0 amide bonds. The SMILES string of the molecule is COC1=NC=C(Cl)C(C(C)(C)CC2=C(OC)C(C(C)(C)C)NC=N2)N1. The van der Waals surface area contributed by atoms with Crippen LogP contribution in [0.15, 0.2) is 32.7 Å². The van der Waals surface area contributed by atoms with Gasteiger partial charge in [0.15, 0.2) is 0 Å². The van der Waals surface area contributed by atoms with E-state index in [-0.39, 0.29) is 22.9 Å². The number of nitrogens with one attached hydrogen (secondary N) is 2. The van der Waals surface area contributed by atoms with E-state index in [1.54, 1.807) is 26.8 Å². The number of hydrogen-bond donors (Lipinski definition) is 2. The van der Waals surface area contributed by atoms with Gasteiger partial charge >= 0.3 is 0 Å². The Hall–Kier alpha value is -1.69. The van der Waals surface area contributed by atoms with Crippen LogP contribution in [0.4, 0.5) is 0 Å². The highest BCUT2D eigenvalue weighted by Gasteiger charge is 2.39. The zero-order valence-electron chi connectivity index (χ0n) is 16.1. The number of methoxy groups -OCH3 is 2. The van der Waals surface area contributed by atoms with Crippen LogP contribution in [0.25, 0.3) is 0 Å². The topological polar surface area (TPSA) is 67.2 Å². The molecular formula is C18H29ClN4O2. The van der Waals surface area contributed by atoms with Crippen molar-refractivity contribution in [1.82, 2.24) is 10.6 Å². The monoisotopic (exact) mass is 368 g/mol. The summed E-state index contributed by atoms with van der Waals surface area (Å²) < 4.78 is 11.0. The van der Waals surface area contributed by atoms with Gasteiger partial charge in [-0.2, -0.15) is 0 Å². The Morgan fingerprint density at radius 1 is 1.12 bits per heavy atom. The van der Waals surface area contributed by atoms with Gasteiger partial charge in [0.2, 0.25) is 0 Å². The molecule has 2 aliphatic heterocycles. The Bertz CT molecular complexity index is 629. The predicted octanol–water partition coefficient (Wildman–Crippen LogP) is 3.36. The zero-order valence-corrected chi connectivity index (χ0v) is 16.9. The van der Waals surface area contributed by atoms with Gasteiger partial charge < -0.3 is 20.1 Å². The lowest BCUT2D eigenvalue weighted by molar-refractivity contribution is 0.185. The zero-order chi connectivity index (χ0) is 18.8. The Kier molecular flexibility index (Phi) is 5.72. The number of aliphatic imine (C=N–C) groups is 2. The summed E-state index contributed by atoms with van der Waals surface area (Å²) >= 11 is 6.42. The molecule has 2 unspecified atom stereocenters. The molecule has 2 aliphatic rings. The highest BCUT2D eigenvalue weighted by Crippen LogP contribution is 2.39. The van der Waals surface area contributed by atoms with Gasteiger partial charge in [0.05, 0.1) is 43.4 Å². The molecule has 0 fully saturated rings. The molecule has 0 aliphatic carbocycles. The van der Waals surface area contributed by atoms with Crippen LogP contribution in [0.5, 0.6) is 0 Å². The van der Waals surface area contributed by atoms with Crippen molar-refractivity contribution >= 4 is 24.0 Å². The number of hydrogen-bond acceptors (Lipinski definition) is 6. The van der Waals surface area contributed by atoms with Gasteiger partial charge in [-0.25, -0.2) is 9.98 Å². The van der Waals surface area contributed by atoms with Gasteiger partial charge in [-0.15, -0.1) is 0 Å². The average Bonchev–Trinajstić information content (AvgIpc) is 2.53. The Morgan fingerprint density at radius 3 is 2.36 bits per heavy atom. The Morgan fingerprint density at radius 2 is 1.80 bits per heavy atom. The van der Waals surface area contributed by atoms with Crippen molar-refractivity contribution < 1.29 is 9.47 Å². The lowest BCUT2D eigenvalue weighted by atomic mass is 9.77. The van der Waals surface area contributed by atoms with Crippen LogP contribution in [0.2, 0.25) is 0 Å². The fraction of sp³-hybridized carbons (Fsp3) is 0.667. The van der Waals surface area contributed by atoms with E-state index in [1.165, 1.54) is 0 Å². The Labute approximate surface area is 155 Å². The molecule has 0 aromatic rings. The number of nitrogens with zero attached hydrogens (tertiary/aromatic N) is 2. The molecule has 2 N–H and O–H groups in total. The molecule has 6 nitrogen and oxygen atoms in total. The van der Waals surface area contributed by atoms with Crippen LogP contribution in [0.3, 0.4) is 0 Å². The van der Waals surface area contributed by atoms with E-state index in [0.29, 0.717) is 17.5 Å². The summed E-state index contributed by atoms with van der Waals surface area (Å²) in [5.41, 5.74) is 0.701. The first-order chi connectivity index (χ1) is 11.6. The lowest BCUT2D eigenvalue weighted by Crippen LogP contribution is -2.48. The minimum atomic E-state index is -0.233. The summed E-state index contributed by atoms with van der Waals surface area (Å²) in [7, 11) is 3.28. The maximum Gasteiger partial charge on any atom is 0.289 e. The quantitative estimate of drug-likeness (QED) is 0.798. The summed E-state index contributed by atoms with van der Waals surface area (Å²) in [5.74, 6) is 0.875. The van der Waals surface area contributed by atoms with Crippen molar-refractivity contribution in [1.29, 1.82) is 0 Å². The molecule has 2 heterocycles. The number of allylic oxidation sites excluding steroid dienone is 1. The summed E-state index contributed by atoms with van der Waals surface area (Å²) in [6.45, 7) is 10.8. The third kappa shape index (κ3) is 4.29. The largest absolute Gasteiger partial charge is 0.497 e. The predicted molar refractivity (Wildman–Crippen MR) is 103 cm³/mol. The van der Waals surface area contributed by atoms with E-state index in [4.69, 9.17) is 21.1 Å². The standard InChI is InChI=1S/C18H29ClN4O2/c1-17(2,3)15-13(24-6)12(21-10-22-15)8-18(4,5)14-11(19)9-20-16(23-14)25-7/h9-10,14-15H,8H2,1-7H3,(H,20,23)(H,21,22). The first kappa shape index (κ1) is 19.6. The van der Waals surface area contributed by atoms with Crippen molar-refractivity contribution in [3.8, 4) is 0 Å². The fourth-order valence-corrected chi connectivity index (χ4v) is 3.54. The van der Waals surface area contributed by atoms with Gasteiger partial charge in [-0.05, 0) is 10.8 Å². The molecule has 0 saturated carbocycles. The average molecular weight is 369 g/mol. The molecule has 25 heavy (non-hydrogen) atoms. The fourth-order valence-electron chi connectivity index (χ4n) is 3.15. The highest BCUT2D eigenvalue weighted by atomic mass is 35.5. The number of halogens is 1. The third-order valence-corrected chi connectivity index (χ3v) is 4.86. The van der Waals surface area contributed by atoms with Gasteiger partial charge in [0, 0.05) is 12.6 Å². The number of ether oxygens (including phenoxy) is 2. The van der Waals surface area contributed by atoms with Gasteiger partial charge in [0.1, 0.15) is 5.76 Å². The highest BCUT2D eigenvalue weighted by molar-refractivity contribution is 6.30. The second kappa shape index (κ2) is 7.28. The molecule has 7 heteroatoms. The van der Waals surface area contributed by atoms with E-state index in [9.17, 15) is 0 Å². The molecule has 0 aromatic heterocycles. The molecule has 2 atom stereocenters. The minimum Gasteiger partial charge on any atom is -0.497 e. The van der Waals surface area contributed by atoms with E-state index in [2.05, 4.69) is 55.2 Å². The smallest absolute Gasteiger partial charge is 0.289 e. The van der Waals surface area contributed by atoms with E-state index in [0.717, 1.165) is 11.5 Å². The summed E-state index contributed by atoms with van der Waals surface area (Å²) in [6.07, 6.45) is 4.09. The number of rotatable bonds is 4. The van der Waals surface area contributed by atoms with E-state index >= 15 is 0 Å². The van der Waals surface area contributed by atoms with Crippen LogP contribution < -0.4 is 10.6 Å². The first-order valence-corrected chi connectivity index (χ1v) is 8.77. The molecule has 0 aromatic carbocycles. The van der Waals surface area contributed by atoms with Crippen molar-refractivity contribution in [2.75, 3.05) is 14.2 Å². The van der Waals surface area contributed by atoms with Crippen molar-refractivity contribution in [2.45, 2.75) is 53.1 Å². The maximum atomic E-state index is 6.42. The van der Waals surface area contributed by atoms with Gasteiger partial charge in [-0.3, -0.25) is 0 Å². The molecular weight excluding hydrogens is 340 g/mol. The first-order valence-electron chi connectivity index (χ1n) is 8.39. The summed E-state index contributed by atoms with van der Waals surface area (Å²) in [6, 6.07) is 0.414. The van der Waals surface area contributed by atoms with Crippen molar-refractivity contribution in [3.05, 3.63) is 22.7 Å². The van der Waals surface area contributed by atoms with Crippen molar-refractivity contribution in [3.63, 3.8) is 0 Å². The van der Waals surface area contributed by atoms with Gasteiger partial charge in [-0.1, -0.05) is 46.2 Å². The molecule has 0 saturated heterocycles. The molecule has 2 rings (SSSR count). The molecule has 0 radical (unpaired) electrons. The molecule has 140 valence electrons. The lowest BCUT2D eigenvalue weighted by Gasteiger charge is -2.39. The van der Waals surface area contributed by atoms with Crippen LogP contribution in [-0.4, -0.2) is 38.7 Å². The van der Waals surface area contributed by atoms with Crippen LogP contribution in [-0.2, 0) is 9.47 Å². The number of amidine groups is 1.